The molecule has 3 rings (SSSR count). The molecule has 0 saturated carbocycles. The largest absolute Gasteiger partial charge is 0.345 e. The van der Waals surface area contributed by atoms with E-state index in [1.807, 2.05) is 11.4 Å². The topological polar surface area (TPSA) is 72.3 Å². The van der Waals surface area contributed by atoms with Gasteiger partial charge in [0.2, 0.25) is 0 Å². The summed E-state index contributed by atoms with van der Waals surface area (Å²) in [6.07, 6.45) is 1.79. The SMILES string of the molecule is N#Cc1ccc(NC(=O)N2CCN(c3nccs3)CC2)cc1Cl. The highest BCUT2D eigenvalue weighted by Gasteiger charge is 2.22. The number of halogens is 1. The lowest BCUT2D eigenvalue weighted by Gasteiger charge is -2.34. The Hall–Kier alpha value is -2.30. The molecule has 6 nitrogen and oxygen atoms in total. The Kier molecular flexibility index (Phi) is 4.65. The van der Waals surface area contributed by atoms with E-state index < -0.39 is 0 Å². The van der Waals surface area contributed by atoms with Crippen molar-refractivity contribution in [2.24, 2.45) is 0 Å². The first-order chi connectivity index (χ1) is 11.2. The first kappa shape index (κ1) is 15.6. The molecule has 118 valence electrons. The van der Waals surface area contributed by atoms with Crippen molar-refractivity contribution in [3.05, 3.63) is 40.4 Å². The van der Waals surface area contributed by atoms with E-state index in [9.17, 15) is 4.79 Å². The Bertz CT molecular complexity index is 735. The van der Waals surface area contributed by atoms with Gasteiger partial charge in [-0.05, 0) is 18.2 Å². The van der Waals surface area contributed by atoms with Gasteiger partial charge < -0.3 is 15.1 Å². The minimum atomic E-state index is -0.162. The van der Waals surface area contributed by atoms with Crippen LogP contribution in [0, 0.1) is 11.3 Å². The molecule has 0 unspecified atom stereocenters. The second kappa shape index (κ2) is 6.86. The summed E-state index contributed by atoms with van der Waals surface area (Å²) < 4.78 is 0. The third-order valence-electron chi connectivity index (χ3n) is 3.60. The molecule has 2 heterocycles. The average molecular weight is 348 g/mol. The summed E-state index contributed by atoms with van der Waals surface area (Å²) in [5.41, 5.74) is 0.975. The number of benzene rings is 1. The number of rotatable bonds is 2. The number of carbonyl (C=O) groups is 1. The number of hydrogen-bond acceptors (Lipinski definition) is 5. The van der Waals surface area contributed by atoms with Crippen molar-refractivity contribution in [1.82, 2.24) is 9.88 Å². The molecular weight excluding hydrogens is 334 g/mol. The zero-order chi connectivity index (χ0) is 16.2. The van der Waals surface area contributed by atoms with E-state index in [1.54, 1.807) is 40.6 Å². The fourth-order valence-corrected chi connectivity index (χ4v) is 3.28. The first-order valence-corrected chi connectivity index (χ1v) is 8.33. The fraction of sp³-hybridized carbons (Fsp3) is 0.267. The molecule has 0 radical (unpaired) electrons. The molecule has 8 heteroatoms. The molecule has 2 aromatic rings. The van der Waals surface area contributed by atoms with Gasteiger partial charge in [-0.15, -0.1) is 11.3 Å². The van der Waals surface area contributed by atoms with Crippen molar-refractivity contribution in [2.45, 2.75) is 0 Å². The summed E-state index contributed by atoms with van der Waals surface area (Å²) in [4.78, 5) is 20.5. The van der Waals surface area contributed by atoms with Gasteiger partial charge >= 0.3 is 6.03 Å². The number of amides is 2. The van der Waals surface area contributed by atoms with E-state index in [1.165, 1.54) is 0 Å². The third kappa shape index (κ3) is 3.55. The number of piperazine rings is 1. The van der Waals surface area contributed by atoms with Crippen molar-refractivity contribution in [1.29, 1.82) is 5.26 Å². The summed E-state index contributed by atoms with van der Waals surface area (Å²) in [5, 5.41) is 14.9. The van der Waals surface area contributed by atoms with Crippen LogP contribution in [0.2, 0.25) is 5.02 Å². The van der Waals surface area contributed by atoms with Gasteiger partial charge in [0.15, 0.2) is 5.13 Å². The Balaban J connectivity index is 1.57. The van der Waals surface area contributed by atoms with Gasteiger partial charge in [0.05, 0.1) is 10.6 Å². The van der Waals surface area contributed by atoms with Crippen LogP contribution in [0.5, 0.6) is 0 Å². The predicted octanol–water partition coefficient (Wildman–Crippen LogP) is 3.02. The van der Waals surface area contributed by atoms with Crippen molar-refractivity contribution < 1.29 is 4.79 Å². The van der Waals surface area contributed by atoms with Gasteiger partial charge in [0.25, 0.3) is 0 Å². The minimum Gasteiger partial charge on any atom is -0.345 e. The lowest BCUT2D eigenvalue weighted by Crippen LogP contribution is -2.50. The Morgan fingerprint density at radius 1 is 1.35 bits per heavy atom. The first-order valence-electron chi connectivity index (χ1n) is 7.07. The standard InChI is InChI=1S/C15H14ClN5OS/c16-13-9-12(2-1-11(13)10-17)19-14(22)20-4-6-21(7-5-20)15-18-3-8-23-15/h1-3,8-9H,4-7H2,(H,19,22). The van der Waals surface area contributed by atoms with Crippen LogP contribution in [-0.4, -0.2) is 42.1 Å². The molecule has 1 aliphatic heterocycles. The normalized spacial score (nSPS) is 14.4. The number of aromatic nitrogens is 1. The molecule has 1 N–H and O–H groups in total. The maximum absolute atomic E-state index is 12.3. The highest BCUT2D eigenvalue weighted by Crippen LogP contribution is 2.22. The molecule has 2 amide bonds. The Labute approximate surface area is 142 Å². The molecule has 0 bridgehead atoms. The van der Waals surface area contributed by atoms with Crippen LogP contribution in [0.1, 0.15) is 5.56 Å². The average Bonchev–Trinajstić information content (AvgIpc) is 3.09. The lowest BCUT2D eigenvalue weighted by molar-refractivity contribution is 0.208. The minimum absolute atomic E-state index is 0.162. The molecule has 1 aliphatic rings. The fourth-order valence-electron chi connectivity index (χ4n) is 2.36. The number of anilines is 2. The van der Waals surface area contributed by atoms with E-state index in [0.29, 0.717) is 29.4 Å². The van der Waals surface area contributed by atoms with Crippen LogP contribution in [0.3, 0.4) is 0 Å². The Morgan fingerprint density at radius 2 is 2.13 bits per heavy atom. The maximum Gasteiger partial charge on any atom is 0.321 e. The number of nitriles is 1. The van der Waals surface area contributed by atoms with Crippen LogP contribution >= 0.6 is 22.9 Å². The highest BCUT2D eigenvalue weighted by atomic mass is 35.5. The zero-order valence-corrected chi connectivity index (χ0v) is 13.8. The summed E-state index contributed by atoms with van der Waals surface area (Å²) in [6, 6.07) is 6.69. The van der Waals surface area contributed by atoms with Crippen molar-refractivity contribution in [3.63, 3.8) is 0 Å². The van der Waals surface area contributed by atoms with E-state index in [2.05, 4.69) is 15.2 Å². The number of urea groups is 1. The molecule has 0 spiro atoms. The Morgan fingerprint density at radius 3 is 2.74 bits per heavy atom. The van der Waals surface area contributed by atoms with E-state index in [0.717, 1.165) is 18.2 Å². The molecular formula is C15H14ClN5OS. The van der Waals surface area contributed by atoms with Gasteiger partial charge in [-0.3, -0.25) is 0 Å². The second-order valence-corrected chi connectivity index (χ2v) is 6.31. The molecule has 1 saturated heterocycles. The monoisotopic (exact) mass is 347 g/mol. The van der Waals surface area contributed by atoms with Crippen LogP contribution in [0.4, 0.5) is 15.6 Å². The molecule has 0 aliphatic carbocycles. The number of thiazole rings is 1. The molecule has 1 fully saturated rings. The van der Waals surface area contributed by atoms with E-state index in [-0.39, 0.29) is 6.03 Å². The van der Waals surface area contributed by atoms with Crippen LogP contribution in [0.15, 0.2) is 29.8 Å². The van der Waals surface area contributed by atoms with Gasteiger partial charge in [-0.1, -0.05) is 11.6 Å². The second-order valence-electron chi connectivity index (χ2n) is 5.03. The summed E-state index contributed by atoms with van der Waals surface area (Å²) in [6.45, 7) is 2.79. The third-order valence-corrected chi connectivity index (χ3v) is 4.74. The van der Waals surface area contributed by atoms with Crippen LogP contribution in [-0.2, 0) is 0 Å². The van der Waals surface area contributed by atoms with Gasteiger partial charge in [0.1, 0.15) is 6.07 Å². The van der Waals surface area contributed by atoms with E-state index >= 15 is 0 Å². The van der Waals surface area contributed by atoms with Gasteiger partial charge in [0, 0.05) is 43.4 Å². The highest BCUT2D eigenvalue weighted by molar-refractivity contribution is 7.13. The van der Waals surface area contributed by atoms with Crippen LogP contribution in [0.25, 0.3) is 0 Å². The van der Waals surface area contributed by atoms with Crippen LogP contribution < -0.4 is 10.2 Å². The zero-order valence-electron chi connectivity index (χ0n) is 12.2. The molecule has 0 atom stereocenters. The van der Waals surface area contributed by atoms with E-state index in [4.69, 9.17) is 16.9 Å². The predicted molar refractivity (Wildman–Crippen MR) is 91.1 cm³/mol. The van der Waals surface area contributed by atoms with Gasteiger partial charge in [-0.25, -0.2) is 9.78 Å². The number of nitrogens with one attached hydrogen (secondary N) is 1. The van der Waals surface area contributed by atoms with Crippen molar-refractivity contribution in [2.75, 3.05) is 36.4 Å². The molecule has 23 heavy (non-hydrogen) atoms. The number of nitrogens with zero attached hydrogens (tertiary/aromatic N) is 4. The maximum atomic E-state index is 12.3. The van der Waals surface area contributed by atoms with Crippen molar-refractivity contribution in [3.8, 4) is 6.07 Å². The molecule has 1 aromatic heterocycles. The lowest BCUT2D eigenvalue weighted by atomic mass is 10.2. The number of hydrogen-bond donors (Lipinski definition) is 1. The number of carbonyl (C=O) groups excluding carboxylic acids is 1. The quantitative estimate of drug-likeness (QED) is 0.906. The van der Waals surface area contributed by atoms with Crippen molar-refractivity contribution >= 4 is 39.8 Å². The summed E-state index contributed by atoms with van der Waals surface area (Å²) in [7, 11) is 0. The summed E-state index contributed by atoms with van der Waals surface area (Å²) in [5.74, 6) is 0. The molecule has 1 aromatic carbocycles. The van der Waals surface area contributed by atoms with Gasteiger partial charge in [-0.2, -0.15) is 5.26 Å². The smallest absolute Gasteiger partial charge is 0.321 e. The summed E-state index contributed by atoms with van der Waals surface area (Å²) >= 11 is 7.58.